The van der Waals surface area contributed by atoms with E-state index in [1.54, 1.807) is 17.0 Å². The third kappa shape index (κ3) is 4.72. The number of aldehydes is 1. The van der Waals surface area contributed by atoms with Crippen LogP contribution in [-0.4, -0.2) is 43.3 Å². The Hall–Kier alpha value is -3.52. The van der Waals surface area contributed by atoms with Gasteiger partial charge in [-0.25, -0.2) is 9.18 Å². The van der Waals surface area contributed by atoms with Crippen LogP contribution < -0.4 is 5.63 Å². The number of ether oxygens (including phenoxy) is 1. The fraction of sp³-hybridized carbons (Fsp3) is 0.280. The molecule has 2 aromatic carbocycles. The van der Waals surface area contributed by atoms with Crippen molar-refractivity contribution in [1.29, 1.82) is 0 Å². The number of carbonyl (C=O) groups is 3. The number of esters is 1. The van der Waals surface area contributed by atoms with Crippen LogP contribution in [0, 0.1) is 11.7 Å². The SMILES string of the molecule is COC(=O)C[C@@H]1CCN(C(=O)C(C=O)c2ccc3c(-c4ccc(F)cc4Cl)cc(=O)oc3c2)C1. The molecule has 7 nitrogen and oxygen atoms in total. The van der Waals surface area contributed by atoms with Crippen LogP contribution in [0.3, 0.4) is 0 Å². The van der Waals surface area contributed by atoms with E-state index in [1.807, 2.05) is 0 Å². The highest BCUT2D eigenvalue weighted by atomic mass is 35.5. The number of halogens is 2. The minimum atomic E-state index is -1.09. The quantitative estimate of drug-likeness (QED) is 0.227. The highest BCUT2D eigenvalue weighted by Crippen LogP contribution is 2.34. The van der Waals surface area contributed by atoms with Gasteiger partial charge < -0.3 is 18.8 Å². The Kier molecular flexibility index (Phi) is 6.79. The number of hydrogen-bond donors (Lipinski definition) is 0. The average Bonchev–Trinajstić information content (AvgIpc) is 3.27. The van der Waals surface area contributed by atoms with E-state index in [2.05, 4.69) is 4.74 Å². The van der Waals surface area contributed by atoms with Crippen molar-refractivity contribution in [1.82, 2.24) is 4.90 Å². The van der Waals surface area contributed by atoms with Gasteiger partial charge >= 0.3 is 11.6 Å². The van der Waals surface area contributed by atoms with Crippen molar-refractivity contribution in [3.8, 4) is 11.1 Å². The van der Waals surface area contributed by atoms with Crippen LogP contribution >= 0.6 is 11.6 Å². The highest BCUT2D eigenvalue weighted by Gasteiger charge is 2.33. The first-order valence-corrected chi connectivity index (χ1v) is 11.0. The second-order valence-corrected chi connectivity index (χ2v) is 8.60. The zero-order valence-corrected chi connectivity index (χ0v) is 19.0. The predicted octanol–water partition coefficient (Wildman–Crippen LogP) is 3.95. The molecule has 0 aliphatic carbocycles. The standard InChI is InChI=1S/C25H21ClFNO6/c1-33-23(30)8-14-6-7-28(12-14)25(32)20(13-29)15-2-4-18-19(11-24(31)34-22(18)9-15)17-5-3-16(27)10-21(17)26/h2-5,9-11,13-14,20H,6-8,12H2,1H3/t14-,20?/m0/s1. The van der Waals surface area contributed by atoms with Crippen LogP contribution in [0.1, 0.15) is 24.3 Å². The first-order chi connectivity index (χ1) is 16.3. The van der Waals surface area contributed by atoms with E-state index < -0.39 is 17.4 Å². The molecule has 1 aromatic heterocycles. The number of amides is 1. The second-order valence-electron chi connectivity index (χ2n) is 8.19. The van der Waals surface area contributed by atoms with Gasteiger partial charge in [-0.1, -0.05) is 23.7 Å². The van der Waals surface area contributed by atoms with E-state index in [0.29, 0.717) is 47.9 Å². The number of nitrogens with zero attached hydrogens (tertiary/aromatic N) is 1. The summed E-state index contributed by atoms with van der Waals surface area (Å²) in [6, 6.07) is 9.84. The highest BCUT2D eigenvalue weighted by molar-refractivity contribution is 6.33. The van der Waals surface area contributed by atoms with Crippen LogP contribution in [0.15, 0.2) is 51.7 Å². The summed E-state index contributed by atoms with van der Waals surface area (Å²) in [5.74, 6) is -2.35. The number of benzene rings is 2. The summed E-state index contributed by atoms with van der Waals surface area (Å²) in [6.07, 6.45) is 1.40. The summed E-state index contributed by atoms with van der Waals surface area (Å²) in [5, 5.41) is 0.653. The van der Waals surface area contributed by atoms with E-state index in [-0.39, 0.29) is 34.8 Å². The number of likely N-dealkylation sites (tertiary alicyclic amines) is 1. The molecule has 1 amide bonds. The molecule has 1 unspecified atom stereocenters. The van der Waals surface area contributed by atoms with Crippen LogP contribution in [-0.2, 0) is 19.1 Å². The molecule has 1 saturated heterocycles. The van der Waals surface area contributed by atoms with Crippen LogP contribution in [0.4, 0.5) is 4.39 Å². The summed E-state index contributed by atoms with van der Waals surface area (Å²) in [4.78, 5) is 50.3. The second kappa shape index (κ2) is 9.77. The van der Waals surface area contributed by atoms with Gasteiger partial charge in [0.1, 0.15) is 23.6 Å². The van der Waals surface area contributed by atoms with Crippen molar-refractivity contribution in [2.75, 3.05) is 20.2 Å². The maximum absolute atomic E-state index is 13.5. The van der Waals surface area contributed by atoms with E-state index in [1.165, 1.54) is 31.4 Å². The van der Waals surface area contributed by atoms with Crippen molar-refractivity contribution in [3.05, 3.63) is 69.3 Å². The zero-order chi connectivity index (χ0) is 24.4. The number of hydrogen-bond acceptors (Lipinski definition) is 6. The lowest BCUT2D eigenvalue weighted by atomic mass is 9.95. The maximum Gasteiger partial charge on any atom is 0.336 e. The largest absolute Gasteiger partial charge is 0.469 e. The molecule has 0 saturated carbocycles. The van der Waals surface area contributed by atoms with Gasteiger partial charge in [0.05, 0.1) is 18.6 Å². The molecule has 0 N–H and O–H groups in total. The number of methoxy groups -OCH3 is 1. The summed E-state index contributed by atoms with van der Waals surface area (Å²) in [7, 11) is 1.32. The molecule has 1 aliphatic heterocycles. The van der Waals surface area contributed by atoms with E-state index in [4.69, 9.17) is 16.0 Å². The third-order valence-corrected chi connectivity index (χ3v) is 6.34. The van der Waals surface area contributed by atoms with E-state index in [9.17, 15) is 23.6 Å². The topological polar surface area (TPSA) is 93.9 Å². The van der Waals surface area contributed by atoms with Gasteiger partial charge in [-0.2, -0.15) is 0 Å². The maximum atomic E-state index is 13.5. The lowest BCUT2D eigenvalue weighted by molar-refractivity contribution is -0.142. The Morgan fingerprint density at radius 2 is 2.03 bits per heavy atom. The van der Waals surface area contributed by atoms with Crippen LogP contribution in [0.5, 0.6) is 0 Å². The third-order valence-electron chi connectivity index (χ3n) is 6.03. The van der Waals surface area contributed by atoms with Gasteiger partial charge in [0.15, 0.2) is 0 Å². The van der Waals surface area contributed by atoms with Crippen molar-refractivity contribution >= 4 is 40.7 Å². The molecule has 0 spiro atoms. The van der Waals surface area contributed by atoms with Gasteiger partial charge in [0.25, 0.3) is 0 Å². The monoisotopic (exact) mass is 485 g/mol. The summed E-state index contributed by atoms with van der Waals surface area (Å²) < 4.78 is 23.5. The first-order valence-electron chi connectivity index (χ1n) is 10.6. The number of fused-ring (bicyclic) bond motifs is 1. The van der Waals surface area contributed by atoms with Crippen molar-refractivity contribution in [3.63, 3.8) is 0 Å². The zero-order valence-electron chi connectivity index (χ0n) is 18.3. The molecule has 176 valence electrons. The molecule has 34 heavy (non-hydrogen) atoms. The van der Waals surface area contributed by atoms with Gasteiger partial charge in [0, 0.05) is 35.7 Å². The Bertz CT molecular complexity index is 1340. The number of rotatable bonds is 6. The Morgan fingerprint density at radius 1 is 1.24 bits per heavy atom. The van der Waals surface area contributed by atoms with Crippen molar-refractivity contribution < 1.29 is 27.9 Å². The normalized spacial score (nSPS) is 16.4. The predicted molar refractivity (Wildman–Crippen MR) is 123 cm³/mol. The fourth-order valence-corrected chi connectivity index (χ4v) is 4.57. The molecule has 4 rings (SSSR count). The summed E-state index contributed by atoms with van der Waals surface area (Å²) >= 11 is 6.19. The molecule has 0 radical (unpaired) electrons. The van der Waals surface area contributed by atoms with Crippen molar-refractivity contribution in [2.45, 2.75) is 18.8 Å². The molecule has 9 heteroatoms. The van der Waals surface area contributed by atoms with Gasteiger partial charge in [-0.3, -0.25) is 9.59 Å². The molecular weight excluding hydrogens is 465 g/mol. The molecule has 2 heterocycles. The van der Waals surface area contributed by atoms with Gasteiger partial charge in [-0.15, -0.1) is 0 Å². The van der Waals surface area contributed by atoms with Gasteiger partial charge in [0.2, 0.25) is 5.91 Å². The fourth-order valence-electron chi connectivity index (χ4n) is 4.30. The molecular formula is C25H21ClFNO6. The van der Waals surface area contributed by atoms with Crippen molar-refractivity contribution in [2.24, 2.45) is 5.92 Å². The Labute approximate surface area is 199 Å². The minimum Gasteiger partial charge on any atom is -0.469 e. The molecule has 1 fully saturated rings. The van der Waals surface area contributed by atoms with E-state index >= 15 is 0 Å². The number of carbonyl (C=O) groups excluding carboxylic acids is 3. The summed E-state index contributed by atoms with van der Waals surface area (Å²) in [5.41, 5.74) is 0.783. The lowest BCUT2D eigenvalue weighted by Crippen LogP contribution is -2.34. The average molecular weight is 486 g/mol. The smallest absolute Gasteiger partial charge is 0.336 e. The van der Waals surface area contributed by atoms with E-state index in [0.717, 1.165) is 6.07 Å². The minimum absolute atomic E-state index is 0.0265. The van der Waals surface area contributed by atoms with Crippen LogP contribution in [0.2, 0.25) is 5.02 Å². The Balaban J connectivity index is 1.65. The lowest BCUT2D eigenvalue weighted by Gasteiger charge is -2.21. The Morgan fingerprint density at radius 3 is 2.74 bits per heavy atom. The molecule has 1 aliphatic rings. The summed E-state index contributed by atoms with van der Waals surface area (Å²) in [6.45, 7) is 0.787. The molecule has 2 atom stereocenters. The molecule has 3 aromatic rings. The van der Waals surface area contributed by atoms with Crippen LogP contribution in [0.25, 0.3) is 22.1 Å². The molecule has 0 bridgehead atoms. The van der Waals surface area contributed by atoms with Gasteiger partial charge in [-0.05, 0) is 42.2 Å². The first kappa shape index (κ1) is 23.6.